The molecule has 4 atom stereocenters. The number of aryl methyl sites for hydroxylation is 1. The lowest BCUT2D eigenvalue weighted by Crippen LogP contribution is -2.59. The van der Waals surface area contributed by atoms with E-state index in [1.807, 2.05) is 24.3 Å². The summed E-state index contributed by atoms with van der Waals surface area (Å²) in [5.41, 5.74) is 9.28. The average molecular weight is 836 g/mol. The van der Waals surface area contributed by atoms with Gasteiger partial charge in [-0.3, -0.25) is 24.2 Å². The number of rotatable bonds is 7. The summed E-state index contributed by atoms with van der Waals surface area (Å²) in [6.07, 6.45) is 7.64. The molecule has 0 bridgehead atoms. The minimum atomic E-state index is -0.619. The summed E-state index contributed by atoms with van der Waals surface area (Å²) in [7, 11) is 3.31. The molecule has 1 saturated carbocycles. The highest BCUT2D eigenvalue weighted by Crippen LogP contribution is 2.54. The molecule has 62 heavy (non-hydrogen) atoms. The van der Waals surface area contributed by atoms with E-state index in [2.05, 4.69) is 69.3 Å². The molecule has 5 heterocycles. The van der Waals surface area contributed by atoms with E-state index < -0.39 is 6.04 Å². The number of hydrogen-bond acceptors (Lipinski definition) is 9. The molecule has 11 nitrogen and oxygen atoms in total. The van der Waals surface area contributed by atoms with Crippen LogP contribution in [0.25, 0.3) is 0 Å². The van der Waals surface area contributed by atoms with Crippen LogP contribution in [-0.2, 0) is 22.6 Å². The molecule has 7 aliphatic rings. The number of phenols is 1. The summed E-state index contributed by atoms with van der Waals surface area (Å²) in [5.74, 6) is 2.59. The van der Waals surface area contributed by atoms with Gasteiger partial charge < -0.3 is 29.3 Å². The summed E-state index contributed by atoms with van der Waals surface area (Å²) >= 11 is 0. The lowest BCUT2D eigenvalue weighted by molar-refractivity contribution is -0.150. The molecule has 11 rings (SSSR count). The summed E-state index contributed by atoms with van der Waals surface area (Å²) in [5, 5.41) is 10.3. The van der Waals surface area contributed by atoms with Crippen molar-refractivity contribution in [3.8, 4) is 17.2 Å². The van der Waals surface area contributed by atoms with Gasteiger partial charge in [0.05, 0.1) is 25.4 Å². The lowest BCUT2D eigenvalue weighted by atomic mass is 9.57. The monoisotopic (exact) mass is 835 g/mol. The van der Waals surface area contributed by atoms with Gasteiger partial charge in [0.15, 0.2) is 0 Å². The maximum absolute atomic E-state index is 13.5. The zero-order valence-electron chi connectivity index (χ0n) is 35.9. The maximum atomic E-state index is 13.5. The first-order chi connectivity index (χ1) is 30.2. The number of piperidine rings is 2. The minimum Gasteiger partial charge on any atom is -0.508 e. The second kappa shape index (κ2) is 15.4. The molecular formula is C51H57N5O6. The summed E-state index contributed by atoms with van der Waals surface area (Å²) in [6, 6.07) is 27.2. The van der Waals surface area contributed by atoms with Crippen molar-refractivity contribution in [3.05, 3.63) is 112 Å². The number of piperazine rings is 1. The molecule has 4 aromatic rings. The highest BCUT2D eigenvalue weighted by Gasteiger charge is 2.48. The van der Waals surface area contributed by atoms with Crippen LogP contribution in [-0.4, -0.2) is 110 Å². The first-order valence-corrected chi connectivity index (χ1v) is 22.9. The number of methoxy groups -OCH3 is 1. The Morgan fingerprint density at radius 1 is 0.855 bits per heavy atom. The van der Waals surface area contributed by atoms with E-state index in [0.717, 1.165) is 85.7 Å². The van der Waals surface area contributed by atoms with Gasteiger partial charge >= 0.3 is 0 Å². The van der Waals surface area contributed by atoms with Crippen molar-refractivity contribution in [2.75, 3.05) is 69.8 Å². The number of carbonyl (C=O) groups is 3. The number of likely N-dealkylation sites (N-methyl/N-ethyl adjacent to an activating group) is 1. The van der Waals surface area contributed by atoms with Gasteiger partial charge in [0.1, 0.15) is 29.9 Å². The van der Waals surface area contributed by atoms with E-state index in [0.29, 0.717) is 42.2 Å². The van der Waals surface area contributed by atoms with Gasteiger partial charge in [-0.15, -0.1) is 0 Å². The van der Waals surface area contributed by atoms with Crippen molar-refractivity contribution in [1.29, 1.82) is 0 Å². The fourth-order valence-electron chi connectivity index (χ4n) is 12.6. The summed E-state index contributed by atoms with van der Waals surface area (Å²) in [4.78, 5) is 49.1. The van der Waals surface area contributed by atoms with Crippen LogP contribution in [0.4, 0.5) is 11.4 Å². The third-order valence-electron chi connectivity index (χ3n) is 15.9. The Bertz CT molecular complexity index is 2420. The lowest BCUT2D eigenvalue weighted by Gasteiger charge is -2.54. The van der Waals surface area contributed by atoms with Crippen LogP contribution in [0.3, 0.4) is 0 Å². The quantitative estimate of drug-likeness (QED) is 0.198. The number of benzene rings is 4. The van der Waals surface area contributed by atoms with Crippen molar-refractivity contribution < 1.29 is 29.0 Å². The smallest absolute Gasteiger partial charge is 0.255 e. The first-order valence-electron chi connectivity index (χ1n) is 22.9. The molecular weight excluding hydrogens is 779 g/mol. The normalized spacial score (nSPS) is 25.8. The van der Waals surface area contributed by atoms with Crippen LogP contribution in [0.1, 0.15) is 95.0 Å². The van der Waals surface area contributed by atoms with Gasteiger partial charge in [0.25, 0.3) is 11.8 Å². The van der Waals surface area contributed by atoms with Crippen molar-refractivity contribution in [1.82, 2.24) is 14.7 Å². The number of hydrogen-bond donors (Lipinski definition) is 1. The molecule has 1 N–H and O–H groups in total. The topological polar surface area (TPSA) is 106 Å². The van der Waals surface area contributed by atoms with Crippen molar-refractivity contribution in [2.24, 2.45) is 11.3 Å². The number of likely N-dealkylation sites (tertiary alicyclic amines) is 1. The van der Waals surface area contributed by atoms with Gasteiger partial charge in [-0.2, -0.15) is 0 Å². The molecule has 0 aromatic heterocycles. The molecule has 4 fully saturated rings. The highest BCUT2D eigenvalue weighted by molar-refractivity contribution is 6.06. The molecule has 11 heteroatoms. The first kappa shape index (κ1) is 39.3. The second-order valence-corrected chi connectivity index (χ2v) is 19.2. The molecule has 2 aliphatic carbocycles. The zero-order valence-corrected chi connectivity index (χ0v) is 35.9. The third kappa shape index (κ3) is 6.61. The Morgan fingerprint density at radius 3 is 2.47 bits per heavy atom. The van der Waals surface area contributed by atoms with Crippen LogP contribution in [0.2, 0.25) is 0 Å². The fraction of sp³-hybridized carbons (Fsp3) is 0.471. The number of carbonyl (C=O) groups excluding carboxylic acids is 3. The van der Waals surface area contributed by atoms with Gasteiger partial charge in [0, 0.05) is 87.1 Å². The van der Waals surface area contributed by atoms with Gasteiger partial charge in [-0.25, -0.2) is 0 Å². The molecule has 3 amide bonds. The Labute approximate surface area is 364 Å². The van der Waals surface area contributed by atoms with Crippen molar-refractivity contribution >= 4 is 29.1 Å². The van der Waals surface area contributed by atoms with Crippen LogP contribution in [0.15, 0.2) is 78.9 Å². The molecule has 4 aromatic carbocycles. The van der Waals surface area contributed by atoms with Gasteiger partial charge in [-0.1, -0.05) is 42.5 Å². The van der Waals surface area contributed by atoms with Crippen LogP contribution in [0, 0.1) is 11.3 Å². The van der Waals surface area contributed by atoms with E-state index in [4.69, 9.17) is 9.47 Å². The second-order valence-electron chi connectivity index (χ2n) is 19.2. The van der Waals surface area contributed by atoms with Crippen molar-refractivity contribution in [3.63, 3.8) is 0 Å². The van der Waals surface area contributed by atoms with E-state index in [9.17, 15) is 19.5 Å². The van der Waals surface area contributed by atoms with Gasteiger partial charge in [0.2, 0.25) is 5.91 Å². The molecule has 0 radical (unpaired) electrons. The largest absolute Gasteiger partial charge is 0.508 e. The summed E-state index contributed by atoms with van der Waals surface area (Å²) in [6.45, 7) is 7.06. The number of fused-ring (bicyclic) bond motifs is 6. The van der Waals surface area contributed by atoms with E-state index >= 15 is 0 Å². The molecule has 0 unspecified atom stereocenters. The highest BCUT2D eigenvalue weighted by atomic mass is 16.5. The van der Waals surface area contributed by atoms with Crippen LogP contribution >= 0.6 is 0 Å². The number of nitrogens with zero attached hydrogens (tertiary/aromatic N) is 5. The predicted octanol–water partition coefficient (Wildman–Crippen LogP) is 6.95. The predicted molar refractivity (Wildman–Crippen MR) is 237 cm³/mol. The Kier molecular flexibility index (Phi) is 9.74. The Hall–Kier alpha value is -5.55. The van der Waals surface area contributed by atoms with Crippen LogP contribution < -0.4 is 19.3 Å². The van der Waals surface area contributed by atoms with E-state index in [1.165, 1.54) is 60.7 Å². The standard InChI is InChI=1S/C51H57N5O6/c1-52-46(58)17-16-44(50(52)60)56-30-42-40(49(56)59)14-15-43-48(42)62-31-36-29-53(22-23-55(36)43)28-32-26-51(27-32)18-20-54(21-19-51)35-9-12-41(45(25-35)61-2)47-38(33-6-4-3-5-7-33)11-8-34-24-37(57)10-13-39(34)47/h3-7,9-10,12-15,24-25,32,36,38,44,47,57H,8,11,16-23,26-31H2,1-2H3/t36-,38-,44+,47+/m1/s1. The number of phenolic OH excluding ortho intramolecular Hbond substituents is 1. The van der Waals surface area contributed by atoms with E-state index in [-0.39, 0.29) is 36.1 Å². The minimum absolute atomic E-state index is 0.143. The average Bonchev–Trinajstić information content (AvgIpc) is 3.63. The Morgan fingerprint density at radius 2 is 1.66 bits per heavy atom. The number of aromatic hydroxyl groups is 1. The summed E-state index contributed by atoms with van der Waals surface area (Å²) < 4.78 is 12.7. The maximum Gasteiger partial charge on any atom is 0.255 e. The molecule has 3 saturated heterocycles. The molecule has 322 valence electrons. The number of ether oxygens (including phenoxy) is 2. The molecule has 5 aliphatic heterocycles. The number of anilines is 2. The Balaban J connectivity index is 0.704. The van der Waals surface area contributed by atoms with Gasteiger partial charge in [-0.05, 0) is 109 Å². The third-order valence-corrected chi connectivity index (χ3v) is 15.9. The zero-order chi connectivity index (χ0) is 42.3. The molecule has 1 spiro atoms. The van der Waals surface area contributed by atoms with Crippen LogP contribution in [0.5, 0.6) is 17.2 Å². The number of amides is 3. The number of imide groups is 1. The fourth-order valence-corrected chi connectivity index (χ4v) is 12.6. The van der Waals surface area contributed by atoms with E-state index in [1.54, 1.807) is 12.0 Å². The SMILES string of the molecule is COc1cc(N2CCC3(CC2)CC(CN2CCN4c5ccc6c(c5OC[C@H]4C2)CN([C@H]2CCC(=O)N(C)C2=O)C6=O)C3)ccc1[C@@H]1c2ccc(O)cc2CC[C@@H]1c1ccccc1. The van der Waals surface area contributed by atoms with Crippen molar-refractivity contribution in [2.45, 2.75) is 81.8 Å².